The van der Waals surface area contributed by atoms with Crippen LogP contribution in [0.1, 0.15) is 18.2 Å². The zero-order valence-electron chi connectivity index (χ0n) is 13.0. The van der Waals surface area contributed by atoms with Gasteiger partial charge in [0, 0.05) is 22.3 Å². The number of hydrogen-bond acceptors (Lipinski definition) is 2. The van der Waals surface area contributed by atoms with E-state index in [4.69, 9.17) is 0 Å². The number of nitrogens with zero attached hydrogens (tertiary/aromatic N) is 1. The summed E-state index contributed by atoms with van der Waals surface area (Å²) < 4.78 is 2.29. The molecule has 1 atom stereocenters. The van der Waals surface area contributed by atoms with Crippen LogP contribution in [0, 0.1) is 5.92 Å². The average Bonchev–Trinajstić information content (AvgIpc) is 2.88. The molecule has 4 heteroatoms. The van der Waals surface area contributed by atoms with Crippen LogP contribution in [-0.2, 0) is 6.42 Å². The van der Waals surface area contributed by atoms with Gasteiger partial charge in [-0.05, 0) is 36.0 Å². The third kappa shape index (κ3) is 2.31. The van der Waals surface area contributed by atoms with Crippen LogP contribution in [0.5, 0.6) is 0 Å². The summed E-state index contributed by atoms with van der Waals surface area (Å²) in [4.78, 5) is 0. The summed E-state index contributed by atoms with van der Waals surface area (Å²) in [5, 5.41) is 20.0. The van der Waals surface area contributed by atoms with E-state index in [1.54, 1.807) is 6.07 Å². The SMILES string of the molecule is CC1C=Cc2c(n(-c3ccccc3)c3ccc(B(O)O)cc23)C1. The van der Waals surface area contributed by atoms with Crippen molar-refractivity contribution in [2.45, 2.75) is 13.3 Å². The van der Waals surface area contributed by atoms with E-state index < -0.39 is 7.12 Å². The van der Waals surface area contributed by atoms with Gasteiger partial charge in [0.05, 0.1) is 5.52 Å². The van der Waals surface area contributed by atoms with Crippen LogP contribution in [0.4, 0.5) is 0 Å². The molecule has 0 bridgehead atoms. The van der Waals surface area contributed by atoms with E-state index >= 15 is 0 Å². The Labute approximate surface area is 135 Å². The first-order chi connectivity index (χ1) is 11.1. The lowest BCUT2D eigenvalue weighted by Crippen LogP contribution is -2.29. The fourth-order valence-corrected chi connectivity index (χ4v) is 3.44. The predicted octanol–water partition coefficient (Wildman–Crippen LogP) is 2.52. The minimum absolute atomic E-state index is 0.497. The molecule has 3 nitrogen and oxygen atoms in total. The molecule has 114 valence electrons. The van der Waals surface area contributed by atoms with Crippen molar-refractivity contribution < 1.29 is 10.0 Å². The van der Waals surface area contributed by atoms with Gasteiger partial charge >= 0.3 is 7.12 Å². The first-order valence-corrected chi connectivity index (χ1v) is 7.92. The van der Waals surface area contributed by atoms with Crippen LogP contribution in [0.2, 0.25) is 0 Å². The highest BCUT2D eigenvalue weighted by molar-refractivity contribution is 6.59. The van der Waals surface area contributed by atoms with Gasteiger partial charge < -0.3 is 14.6 Å². The number of para-hydroxylation sites is 1. The lowest BCUT2D eigenvalue weighted by atomic mass is 9.79. The second-order valence-corrected chi connectivity index (χ2v) is 6.22. The zero-order valence-corrected chi connectivity index (χ0v) is 13.0. The standard InChI is InChI=1S/C19H18BNO2/c1-13-7-9-16-17-12-14(20(22)23)8-10-18(17)21(19(16)11-13)15-5-3-2-4-6-15/h2-10,12-13,22-23H,11H2,1H3. The van der Waals surface area contributed by atoms with Crippen molar-refractivity contribution in [1.29, 1.82) is 0 Å². The van der Waals surface area contributed by atoms with E-state index in [0.717, 1.165) is 23.0 Å². The smallest absolute Gasteiger partial charge is 0.423 e. The largest absolute Gasteiger partial charge is 0.488 e. The lowest BCUT2D eigenvalue weighted by molar-refractivity contribution is 0.426. The molecule has 0 saturated carbocycles. The van der Waals surface area contributed by atoms with Gasteiger partial charge in [-0.25, -0.2) is 0 Å². The Bertz CT molecular complexity index is 897. The second kappa shape index (κ2) is 5.41. The molecule has 0 aliphatic heterocycles. The van der Waals surface area contributed by atoms with Crippen LogP contribution in [0.25, 0.3) is 22.7 Å². The Balaban J connectivity index is 2.06. The van der Waals surface area contributed by atoms with Crippen LogP contribution >= 0.6 is 0 Å². The first kappa shape index (κ1) is 14.3. The topological polar surface area (TPSA) is 45.4 Å². The van der Waals surface area contributed by atoms with E-state index in [1.165, 1.54) is 11.3 Å². The summed E-state index contributed by atoms with van der Waals surface area (Å²) in [5.41, 5.74) is 5.23. The molecule has 0 saturated heterocycles. The van der Waals surface area contributed by atoms with Crippen LogP contribution < -0.4 is 5.46 Å². The summed E-state index contributed by atoms with van der Waals surface area (Å²) in [6.45, 7) is 2.22. The zero-order chi connectivity index (χ0) is 16.0. The Morgan fingerprint density at radius 3 is 2.61 bits per heavy atom. The molecule has 1 aliphatic rings. The molecule has 1 unspecified atom stereocenters. The molecule has 3 aromatic rings. The van der Waals surface area contributed by atoms with Crippen LogP contribution in [0.15, 0.2) is 54.6 Å². The van der Waals surface area contributed by atoms with Crippen molar-refractivity contribution in [2.24, 2.45) is 5.92 Å². The van der Waals surface area contributed by atoms with Crippen molar-refractivity contribution in [3.63, 3.8) is 0 Å². The lowest BCUT2D eigenvalue weighted by Gasteiger charge is -2.17. The quantitative estimate of drug-likeness (QED) is 0.715. The van der Waals surface area contributed by atoms with Gasteiger partial charge in [0.2, 0.25) is 0 Å². The first-order valence-electron chi connectivity index (χ1n) is 7.92. The van der Waals surface area contributed by atoms with E-state index in [2.05, 4.69) is 35.8 Å². The van der Waals surface area contributed by atoms with Gasteiger partial charge in [0.25, 0.3) is 0 Å². The number of hydrogen-bond donors (Lipinski definition) is 2. The van der Waals surface area contributed by atoms with E-state index in [9.17, 15) is 10.0 Å². The van der Waals surface area contributed by atoms with Gasteiger partial charge in [-0.15, -0.1) is 0 Å². The molecular weight excluding hydrogens is 285 g/mol. The van der Waals surface area contributed by atoms with Gasteiger partial charge in [0.15, 0.2) is 0 Å². The Hall–Kier alpha value is -2.30. The molecule has 2 N–H and O–H groups in total. The maximum atomic E-state index is 9.48. The monoisotopic (exact) mass is 303 g/mol. The molecule has 1 heterocycles. The van der Waals surface area contributed by atoms with Crippen LogP contribution in [0.3, 0.4) is 0 Å². The number of rotatable bonds is 2. The molecule has 0 fully saturated rings. The Kier molecular flexibility index (Phi) is 3.36. The van der Waals surface area contributed by atoms with Crippen molar-refractivity contribution in [1.82, 2.24) is 4.57 Å². The number of benzene rings is 2. The van der Waals surface area contributed by atoms with Crippen LogP contribution in [-0.4, -0.2) is 21.7 Å². The van der Waals surface area contributed by atoms with Gasteiger partial charge in [-0.3, -0.25) is 0 Å². The van der Waals surface area contributed by atoms with Gasteiger partial charge in [0.1, 0.15) is 0 Å². The molecular formula is C19H18BNO2. The summed E-state index contributed by atoms with van der Waals surface area (Å²) in [5.74, 6) is 0.497. The molecule has 0 radical (unpaired) electrons. The highest BCUT2D eigenvalue weighted by Gasteiger charge is 2.22. The van der Waals surface area contributed by atoms with E-state index in [1.807, 2.05) is 30.3 Å². The fraction of sp³-hybridized carbons (Fsp3) is 0.158. The third-order valence-electron chi connectivity index (χ3n) is 4.55. The molecule has 4 rings (SSSR count). The second-order valence-electron chi connectivity index (χ2n) is 6.22. The minimum atomic E-state index is -1.44. The van der Waals surface area contributed by atoms with Crippen molar-refractivity contribution in [3.05, 3.63) is 65.9 Å². The normalized spacial score (nSPS) is 16.6. The third-order valence-corrected chi connectivity index (χ3v) is 4.55. The molecule has 0 amide bonds. The number of allylic oxidation sites excluding steroid dienone is 1. The van der Waals surface area contributed by atoms with Gasteiger partial charge in [-0.2, -0.15) is 0 Å². The Morgan fingerprint density at radius 1 is 1.09 bits per heavy atom. The highest BCUT2D eigenvalue weighted by atomic mass is 16.4. The Morgan fingerprint density at radius 2 is 1.87 bits per heavy atom. The number of fused-ring (bicyclic) bond motifs is 3. The summed E-state index contributed by atoms with van der Waals surface area (Å²) in [7, 11) is -1.44. The van der Waals surface area contributed by atoms with E-state index in [-0.39, 0.29) is 0 Å². The van der Waals surface area contributed by atoms with Crippen molar-refractivity contribution in [3.8, 4) is 5.69 Å². The van der Waals surface area contributed by atoms with Crippen molar-refractivity contribution >= 4 is 29.6 Å². The molecule has 1 aromatic heterocycles. The minimum Gasteiger partial charge on any atom is -0.423 e. The predicted molar refractivity (Wildman–Crippen MR) is 95.0 cm³/mol. The van der Waals surface area contributed by atoms with Gasteiger partial charge in [-0.1, -0.05) is 49.4 Å². The highest BCUT2D eigenvalue weighted by Crippen LogP contribution is 2.34. The molecule has 2 aromatic carbocycles. The molecule has 1 aliphatic carbocycles. The summed E-state index contributed by atoms with van der Waals surface area (Å²) in [6, 6.07) is 16.0. The molecule has 0 spiro atoms. The van der Waals surface area contributed by atoms with Crippen molar-refractivity contribution in [2.75, 3.05) is 0 Å². The number of aromatic nitrogens is 1. The molecule has 23 heavy (non-hydrogen) atoms. The van der Waals surface area contributed by atoms with E-state index in [0.29, 0.717) is 11.4 Å². The maximum Gasteiger partial charge on any atom is 0.488 e. The summed E-state index contributed by atoms with van der Waals surface area (Å²) >= 11 is 0. The fourth-order valence-electron chi connectivity index (χ4n) is 3.44. The summed E-state index contributed by atoms with van der Waals surface area (Å²) in [6.07, 6.45) is 5.37. The maximum absolute atomic E-state index is 9.48. The average molecular weight is 303 g/mol.